The predicted octanol–water partition coefficient (Wildman–Crippen LogP) is 5.18. The summed E-state index contributed by atoms with van der Waals surface area (Å²) in [4.78, 5) is 0. The molecule has 5 nitrogen and oxygen atoms in total. The SMILES string of the molecule is Cc1cccc(CCCOc2ccc(CCC(N)(CO)COP=O)cc2C(F)(F)F)c1C. The standard InChI is InChI=1S/C23H29F3NO4P/c1-16-5-3-6-19(17(16)2)7-4-12-30-21-9-8-18(13-20(21)23(24,25)26)10-11-22(27,14-28)15-31-32-29/h3,5-6,8-9,13,28H,4,7,10-12,14-15,27H2,1-2H3. The molecule has 0 aliphatic heterocycles. The second kappa shape index (κ2) is 11.8. The largest absolute Gasteiger partial charge is 0.493 e. The van der Waals surface area contributed by atoms with E-state index in [1.165, 1.54) is 17.2 Å². The number of aliphatic hydroxyl groups is 1. The lowest BCUT2D eigenvalue weighted by molar-refractivity contribution is -0.139. The molecular weight excluding hydrogens is 442 g/mol. The number of hydrogen-bond donors (Lipinski definition) is 2. The van der Waals surface area contributed by atoms with Gasteiger partial charge in [-0.1, -0.05) is 24.3 Å². The molecule has 0 amide bonds. The van der Waals surface area contributed by atoms with Crippen LogP contribution in [0.25, 0.3) is 0 Å². The van der Waals surface area contributed by atoms with Crippen LogP contribution in [0.15, 0.2) is 36.4 Å². The van der Waals surface area contributed by atoms with Crippen molar-refractivity contribution in [2.75, 3.05) is 19.8 Å². The van der Waals surface area contributed by atoms with Gasteiger partial charge in [-0.25, -0.2) is 4.57 Å². The van der Waals surface area contributed by atoms with Crippen LogP contribution in [0.4, 0.5) is 13.2 Å². The number of ether oxygens (including phenoxy) is 1. The van der Waals surface area contributed by atoms with Gasteiger partial charge in [0, 0.05) is 0 Å². The summed E-state index contributed by atoms with van der Waals surface area (Å²) in [5.74, 6) is -0.211. The summed E-state index contributed by atoms with van der Waals surface area (Å²) in [6.07, 6.45) is -2.91. The molecule has 2 aromatic carbocycles. The average Bonchev–Trinajstić information content (AvgIpc) is 2.76. The molecule has 0 bridgehead atoms. The van der Waals surface area contributed by atoms with E-state index in [2.05, 4.69) is 0 Å². The third kappa shape index (κ3) is 7.55. The summed E-state index contributed by atoms with van der Waals surface area (Å²) < 4.78 is 61.5. The van der Waals surface area contributed by atoms with Gasteiger partial charge in [-0.3, -0.25) is 4.52 Å². The highest BCUT2D eigenvalue weighted by Gasteiger charge is 2.35. The number of benzene rings is 2. The van der Waals surface area contributed by atoms with Crippen molar-refractivity contribution in [2.45, 2.75) is 51.2 Å². The fourth-order valence-corrected chi connectivity index (χ4v) is 3.66. The predicted molar refractivity (Wildman–Crippen MR) is 117 cm³/mol. The van der Waals surface area contributed by atoms with Crippen LogP contribution in [0.5, 0.6) is 5.75 Å². The molecule has 0 spiro atoms. The minimum absolute atomic E-state index is 0.159. The molecule has 0 fully saturated rings. The molecule has 0 heterocycles. The number of nitrogens with two attached hydrogens (primary N) is 1. The highest BCUT2D eigenvalue weighted by Crippen LogP contribution is 2.37. The number of hydrogen-bond acceptors (Lipinski definition) is 5. The Morgan fingerprint density at radius 2 is 1.88 bits per heavy atom. The molecule has 2 rings (SSSR count). The Balaban J connectivity index is 2.03. The second-order valence-corrected chi connectivity index (χ2v) is 8.42. The maximum absolute atomic E-state index is 13.6. The monoisotopic (exact) mass is 471 g/mol. The van der Waals surface area contributed by atoms with Crippen molar-refractivity contribution in [3.63, 3.8) is 0 Å². The van der Waals surface area contributed by atoms with Gasteiger partial charge in [-0.2, -0.15) is 13.2 Å². The molecule has 0 radical (unpaired) electrons. The van der Waals surface area contributed by atoms with Crippen molar-refractivity contribution in [3.05, 3.63) is 64.2 Å². The first-order valence-corrected chi connectivity index (χ1v) is 11.0. The molecule has 1 unspecified atom stereocenters. The molecule has 2 aromatic rings. The Labute approximate surface area is 188 Å². The van der Waals surface area contributed by atoms with Crippen LogP contribution in [-0.2, 0) is 28.1 Å². The lowest BCUT2D eigenvalue weighted by Crippen LogP contribution is -2.47. The minimum Gasteiger partial charge on any atom is -0.493 e. The van der Waals surface area contributed by atoms with Gasteiger partial charge >= 0.3 is 14.9 Å². The van der Waals surface area contributed by atoms with E-state index in [1.54, 1.807) is 6.07 Å². The van der Waals surface area contributed by atoms with Gasteiger partial charge in [-0.05, 0) is 73.9 Å². The quantitative estimate of drug-likeness (QED) is 0.329. The van der Waals surface area contributed by atoms with E-state index < -0.39 is 32.6 Å². The number of rotatable bonds is 12. The molecule has 0 aliphatic carbocycles. The van der Waals surface area contributed by atoms with Crippen molar-refractivity contribution in [1.29, 1.82) is 0 Å². The number of aryl methyl sites for hydroxylation is 3. The Morgan fingerprint density at radius 3 is 2.53 bits per heavy atom. The van der Waals surface area contributed by atoms with Crippen LogP contribution in [-0.4, -0.2) is 30.5 Å². The normalized spacial score (nSPS) is 13.8. The first-order valence-electron chi connectivity index (χ1n) is 10.3. The molecular formula is C23H29F3NO4P. The molecule has 0 aliphatic rings. The van der Waals surface area contributed by atoms with Crippen molar-refractivity contribution in [1.82, 2.24) is 0 Å². The van der Waals surface area contributed by atoms with E-state index in [9.17, 15) is 22.8 Å². The van der Waals surface area contributed by atoms with Gasteiger partial charge in [-0.15, -0.1) is 0 Å². The highest BCUT2D eigenvalue weighted by molar-refractivity contribution is 7.17. The van der Waals surface area contributed by atoms with Crippen LogP contribution in [0.2, 0.25) is 0 Å². The zero-order valence-corrected chi connectivity index (χ0v) is 19.1. The van der Waals surface area contributed by atoms with Crippen molar-refractivity contribution < 1.29 is 32.1 Å². The highest BCUT2D eigenvalue weighted by atomic mass is 31.1. The number of halogens is 3. The fraction of sp³-hybridized carbons (Fsp3) is 0.478. The van der Waals surface area contributed by atoms with Gasteiger partial charge in [0.1, 0.15) is 5.75 Å². The maximum atomic E-state index is 13.6. The Hall–Kier alpha value is -1.99. The van der Waals surface area contributed by atoms with Crippen molar-refractivity contribution in [3.8, 4) is 5.75 Å². The van der Waals surface area contributed by atoms with Gasteiger partial charge < -0.3 is 15.6 Å². The molecule has 0 saturated heterocycles. The Kier molecular flexibility index (Phi) is 9.64. The zero-order valence-electron chi connectivity index (χ0n) is 18.2. The first kappa shape index (κ1) is 26.3. The van der Waals surface area contributed by atoms with Crippen molar-refractivity contribution in [2.24, 2.45) is 5.73 Å². The van der Waals surface area contributed by atoms with Gasteiger partial charge in [0.25, 0.3) is 0 Å². The average molecular weight is 471 g/mol. The molecule has 176 valence electrons. The smallest absolute Gasteiger partial charge is 0.419 e. The van der Waals surface area contributed by atoms with E-state index in [4.69, 9.17) is 15.0 Å². The molecule has 0 saturated carbocycles. The number of alkyl halides is 3. The summed E-state index contributed by atoms with van der Waals surface area (Å²) in [6, 6.07) is 9.94. The second-order valence-electron chi connectivity index (χ2n) is 8.01. The molecule has 0 aromatic heterocycles. The van der Waals surface area contributed by atoms with Crippen LogP contribution in [0.1, 0.15) is 40.7 Å². The molecule has 32 heavy (non-hydrogen) atoms. The van der Waals surface area contributed by atoms with Gasteiger partial charge in [0.2, 0.25) is 0 Å². The minimum atomic E-state index is -4.57. The van der Waals surface area contributed by atoms with E-state index in [-0.39, 0.29) is 31.8 Å². The van der Waals surface area contributed by atoms with E-state index in [0.29, 0.717) is 12.0 Å². The summed E-state index contributed by atoms with van der Waals surface area (Å²) in [5, 5.41) is 9.44. The summed E-state index contributed by atoms with van der Waals surface area (Å²) >= 11 is 0. The Morgan fingerprint density at radius 1 is 1.12 bits per heavy atom. The zero-order chi connectivity index (χ0) is 23.8. The topological polar surface area (TPSA) is 81.8 Å². The third-order valence-electron chi connectivity index (χ3n) is 5.55. The number of aliphatic hydroxyl groups excluding tert-OH is 1. The summed E-state index contributed by atoms with van der Waals surface area (Å²) in [5.41, 5.74) is 7.86. The van der Waals surface area contributed by atoms with Crippen LogP contribution in [0, 0.1) is 13.8 Å². The van der Waals surface area contributed by atoms with E-state index >= 15 is 0 Å². The molecule has 1 atom stereocenters. The third-order valence-corrected chi connectivity index (χ3v) is 5.78. The van der Waals surface area contributed by atoms with Gasteiger partial charge in [0.15, 0.2) is 0 Å². The van der Waals surface area contributed by atoms with Gasteiger partial charge in [0.05, 0.1) is 30.9 Å². The molecule has 3 N–H and O–H groups in total. The summed E-state index contributed by atoms with van der Waals surface area (Å²) in [6.45, 7) is 3.60. The Bertz CT molecular complexity index is 907. The van der Waals surface area contributed by atoms with Crippen LogP contribution < -0.4 is 10.5 Å². The van der Waals surface area contributed by atoms with E-state index in [1.807, 2.05) is 32.0 Å². The van der Waals surface area contributed by atoms with Crippen LogP contribution in [0.3, 0.4) is 0 Å². The fourth-order valence-electron chi connectivity index (χ4n) is 3.35. The van der Waals surface area contributed by atoms with Crippen molar-refractivity contribution >= 4 is 8.69 Å². The van der Waals surface area contributed by atoms with Crippen LogP contribution >= 0.6 is 8.69 Å². The van der Waals surface area contributed by atoms with E-state index in [0.717, 1.165) is 18.1 Å². The lowest BCUT2D eigenvalue weighted by Gasteiger charge is -2.25. The summed E-state index contributed by atoms with van der Waals surface area (Å²) in [7, 11) is -0.574. The maximum Gasteiger partial charge on any atom is 0.419 e. The lowest BCUT2D eigenvalue weighted by atomic mass is 9.93. The molecule has 9 heteroatoms. The first-order chi connectivity index (χ1) is 15.1.